The molecule has 9 heteroatoms. The van der Waals surface area contributed by atoms with Crippen LogP contribution in [0.2, 0.25) is 10.0 Å². The number of nitrogens with zero attached hydrogens (tertiary/aromatic N) is 4. The highest BCUT2D eigenvalue weighted by atomic mass is 35.5. The van der Waals surface area contributed by atoms with Crippen molar-refractivity contribution in [3.8, 4) is 11.5 Å². The van der Waals surface area contributed by atoms with Gasteiger partial charge in [0.2, 0.25) is 5.16 Å². The van der Waals surface area contributed by atoms with E-state index in [0.29, 0.717) is 39.1 Å². The number of unbranched alkanes of at least 4 members (excludes halogenated alkanes) is 1. The number of methoxy groups -OCH3 is 1. The van der Waals surface area contributed by atoms with Gasteiger partial charge in [0, 0.05) is 15.8 Å². The molecule has 31 heavy (non-hydrogen) atoms. The second kappa shape index (κ2) is 11.4. The van der Waals surface area contributed by atoms with Crippen molar-refractivity contribution in [1.82, 2.24) is 14.9 Å². The average Bonchev–Trinajstić information content (AvgIpc) is 3.11. The summed E-state index contributed by atoms with van der Waals surface area (Å²) in [4.78, 5) is 0. The van der Waals surface area contributed by atoms with Gasteiger partial charge < -0.3 is 9.47 Å². The number of halogens is 2. The lowest BCUT2D eigenvalue weighted by atomic mass is 10.2. The summed E-state index contributed by atoms with van der Waals surface area (Å²) < 4.78 is 13.0. The molecule has 2 aromatic carbocycles. The summed E-state index contributed by atoms with van der Waals surface area (Å²) in [5, 5.41) is 14.8. The fraction of sp³-hybridized carbons (Fsp3) is 0.318. The summed E-state index contributed by atoms with van der Waals surface area (Å²) in [6.45, 7) is 4.65. The third-order valence-corrected chi connectivity index (χ3v) is 5.96. The molecule has 0 saturated carbocycles. The van der Waals surface area contributed by atoms with Crippen LogP contribution in [0.1, 0.15) is 36.7 Å². The lowest BCUT2D eigenvalue weighted by Gasteiger charge is -2.10. The predicted molar refractivity (Wildman–Crippen MR) is 127 cm³/mol. The Labute approximate surface area is 196 Å². The van der Waals surface area contributed by atoms with Crippen LogP contribution >= 0.6 is 35.0 Å². The third-order valence-electron chi connectivity index (χ3n) is 4.41. The number of aromatic nitrogens is 3. The second-order valence-electron chi connectivity index (χ2n) is 6.72. The van der Waals surface area contributed by atoms with Gasteiger partial charge in [-0.15, -0.1) is 10.2 Å². The zero-order chi connectivity index (χ0) is 22.2. The van der Waals surface area contributed by atoms with E-state index in [-0.39, 0.29) is 0 Å². The molecule has 1 aromatic heterocycles. The van der Waals surface area contributed by atoms with Crippen LogP contribution in [0.5, 0.6) is 11.5 Å². The number of thioether (sulfide) groups is 1. The number of aryl methyl sites for hydroxylation is 1. The van der Waals surface area contributed by atoms with Gasteiger partial charge in [-0.3, -0.25) is 0 Å². The van der Waals surface area contributed by atoms with Gasteiger partial charge in [0.15, 0.2) is 17.3 Å². The van der Waals surface area contributed by atoms with Crippen molar-refractivity contribution in [3.63, 3.8) is 0 Å². The molecule has 0 atom stereocenters. The van der Waals surface area contributed by atoms with Crippen molar-refractivity contribution in [1.29, 1.82) is 0 Å². The Kier molecular flexibility index (Phi) is 8.63. The van der Waals surface area contributed by atoms with Gasteiger partial charge in [0.25, 0.3) is 0 Å². The molecule has 0 saturated heterocycles. The smallest absolute Gasteiger partial charge is 0.212 e. The first kappa shape index (κ1) is 23.4. The topological polar surface area (TPSA) is 61.5 Å². The van der Waals surface area contributed by atoms with E-state index in [1.165, 1.54) is 11.8 Å². The molecule has 3 rings (SSSR count). The summed E-state index contributed by atoms with van der Waals surface area (Å²) in [5.41, 5.74) is 1.85. The van der Waals surface area contributed by atoms with E-state index in [9.17, 15) is 0 Å². The molecule has 0 radical (unpaired) electrons. The molecular formula is C22H24Cl2N4O2S. The standard InChI is InChI=1S/C22H24Cl2N4O2S/c1-4-5-10-30-20-9-6-16(11-21(20)29-3)13-25-28-15(2)26-27-22(28)31-14-17-7-8-18(23)12-19(17)24/h6-9,11-13H,4-5,10,14H2,1-3H3/b25-13+. The lowest BCUT2D eigenvalue weighted by Crippen LogP contribution is -2.00. The molecule has 0 spiro atoms. The highest BCUT2D eigenvalue weighted by Crippen LogP contribution is 2.29. The van der Waals surface area contributed by atoms with Gasteiger partial charge in [0.05, 0.1) is 19.9 Å². The van der Waals surface area contributed by atoms with Gasteiger partial charge in [-0.1, -0.05) is 54.4 Å². The third kappa shape index (κ3) is 6.38. The molecule has 0 amide bonds. The van der Waals surface area contributed by atoms with Crippen LogP contribution in [0.4, 0.5) is 0 Å². The minimum atomic E-state index is 0.611. The average molecular weight is 479 g/mol. The van der Waals surface area contributed by atoms with E-state index in [0.717, 1.165) is 29.7 Å². The molecule has 0 aliphatic rings. The van der Waals surface area contributed by atoms with Crippen molar-refractivity contribution < 1.29 is 9.47 Å². The van der Waals surface area contributed by atoms with Crippen molar-refractivity contribution in [3.05, 3.63) is 63.4 Å². The summed E-state index contributed by atoms with van der Waals surface area (Å²) in [6.07, 6.45) is 3.82. The van der Waals surface area contributed by atoms with Crippen LogP contribution < -0.4 is 9.47 Å². The van der Waals surface area contributed by atoms with Crippen LogP contribution in [0.25, 0.3) is 0 Å². The molecule has 0 aliphatic carbocycles. The number of hydrogen-bond acceptors (Lipinski definition) is 6. The summed E-state index contributed by atoms with van der Waals surface area (Å²) in [7, 11) is 1.63. The molecule has 0 unspecified atom stereocenters. The SMILES string of the molecule is CCCCOc1ccc(/C=N/n2c(C)nnc2SCc2ccc(Cl)cc2Cl)cc1OC. The van der Waals surface area contributed by atoms with Crippen molar-refractivity contribution in [2.24, 2.45) is 5.10 Å². The Morgan fingerprint density at radius 2 is 1.97 bits per heavy atom. The minimum Gasteiger partial charge on any atom is -0.493 e. The highest BCUT2D eigenvalue weighted by Gasteiger charge is 2.11. The van der Waals surface area contributed by atoms with E-state index >= 15 is 0 Å². The van der Waals surface area contributed by atoms with Crippen LogP contribution in [0.3, 0.4) is 0 Å². The van der Waals surface area contributed by atoms with E-state index in [2.05, 4.69) is 22.2 Å². The molecule has 6 nitrogen and oxygen atoms in total. The van der Waals surface area contributed by atoms with Crippen LogP contribution in [0.15, 0.2) is 46.7 Å². The first-order valence-electron chi connectivity index (χ1n) is 9.85. The number of hydrogen-bond donors (Lipinski definition) is 0. The number of rotatable bonds is 10. The molecule has 0 bridgehead atoms. The van der Waals surface area contributed by atoms with Gasteiger partial charge in [-0.2, -0.15) is 9.78 Å². The second-order valence-corrected chi connectivity index (χ2v) is 8.51. The molecular weight excluding hydrogens is 455 g/mol. The largest absolute Gasteiger partial charge is 0.493 e. The Morgan fingerprint density at radius 3 is 2.71 bits per heavy atom. The fourth-order valence-electron chi connectivity index (χ4n) is 2.68. The monoisotopic (exact) mass is 478 g/mol. The lowest BCUT2D eigenvalue weighted by molar-refractivity contribution is 0.288. The van der Waals surface area contributed by atoms with E-state index in [1.54, 1.807) is 24.1 Å². The first-order chi connectivity index (χ1) is 15.0. The van der Waals surface area contributed by atoms with Crippen molar-refractivity contribution in [2.75, 3.05) is 13.7 Å². The quantitative estimate of drug-likeness (QED) is 0.195. The Balaban J connectivity index is 1.73. The Bertz CT molecular complexity index is 1060. The Hall–Kier alpha value is -2.22. The van der Waals surface area contributed by atoms with Crippen LogP contribution in [-0.2, 0) is 5.75 Å². The number of benzene rings is 2. The number of ether oxygens (including phenoxy) is 2. The molecule has 0 aliphatic heterocycles. The molecule has 3 aromatic rings. The molecule has 164 valence electrons. The summed E-state index contributed by atoms with van der Waals surface area (Å²) in [5.74, 6) is 2.71. The highest BCUT2D eigenvalue weighted by molar-refractivity contribution is 7.98. The normalized spacial score (nSPS) is 11.3. The van der Waals surface area contributed by atoms with E-state index < -0.39 is 0 Å². The minimum absolute atomic E-state index is 0.611. The van der Waals surface area contributed by atoms with Crippen LogP contribution in [-0.4, -0.2) is 34.8 Å². The fourth-order valence-corrected chi connectivity index (χ4v) is 4.17. The van der Waals surface area contributed by atoms with Crippen molar-refractivity contribution in [2.45, 2.75) is 37.6 Å². The van der Waals surface area contributed by atoms with Gasteiger partial charge in [0.1, 0.15) is 0 Å². The molecule has 0 fully saturated rings. The summed E-state index contributed by atoms with van der Waals surface area (Å²) >= 11 is 13.7. The Morgan fingerprint density at radius 1 is 1.13 bits per heavy atom. The predicted octanol–water partition coefficient (Wildman–Crippen LogP) is 6.26. The molecule has 0 N–H and O–H groups in total. The first-order valence-corrected chi connectivity index (χ1v) is 11.6. The summed E-state index contributed by atoms with van der Waals surface area (Å²) in [6, 6.07) is 11.2. The van der Waals surface area contributed by atoms with Crippen LogP contribution in [0, 0.1) is 6.92 Å². The van der Waals surface area contributed by atoms with Gasteiger partial charge in [-0.25, -0.2) is 0 Å². The van der Waals surface area contributed by atoms with Gasteiger partial charge in [-0.05, 0) is 54.8 Å². The van der Waals surface area contributed by atoms with E-state index in [4.69, 9.17) is 32.7 Å². The zero-order valence-corrected chi connectivity index (χ0v) is 20.0. The zero-order valence-electron chi connectivity index (χ0n) is 17.6. The maximum atomic E-state index is 6.27. The maximum Gasteiger partial charge on any atom is 0.212 e. The van der Waals surface area contributed by atoms with Crippen molar-refractivity contribution >= 4 is 41.2 Å². The van der Waals surface area contributed by atoms with E-state index in [1.807, 2.05) is 37.3 Å². The maximum absolute atomic E-state index is 6.27. The molecule has 1 heterocycles. The van der Waals surface area contributed by atoms with Gasteiger partial charge >= 0.3 is 0 Å².